The highest BCUT2D eigenvalue weighted by molar-refractivity contribution is 6.34. The third-order valence-electron chi connectivity index (χ3n) is 8.89. The average molecular weight is 711 g/mol. The van der Waals surface area contributed by atoms with E-state index in [4.69, 9.17) is 16.3 Å². The van der Waals surface area contributed by atoms with Crippen molar-refractivity contribution in [2.45, 2.75) is 38.5 Å². The van der Waals surface area contributed by atoms with Crippen molar-refractivity contribution in [2.75, 3.05) is 51.8 Å². The first-order valence-corrected chi connectivity index (χ1v) is 16.5. The van der Waals surface area contributed by atoms with Crippen LogP contribution in [0.3, 0.4) is 0 Å². The SMILES string of the molecule is COCCn1cc(-c2ccc(Cc3cnc(C(=O)Nc4ccc(C(=O)N5CCN(C(=O)[C@H]6C[C@@H](O)CN6)CC5)c(Cl)c4)[nH]3)c(F)c2F)c(C)n1. The van der Waals surface area contributed by atoms with Crippen LogP contribution in [0.15, 0.2) is 42.7 Å². The van der Waals surface area contributed by atoms with Crippen LogP contribution in [-0.4, -0.2) is 111 Å². The molecule has 4 heterocycles. The Bertz CT molecular complexity index is 1910. The van der Waals surface area contributed by atoms with Crippen LogP contribution < -0.4 is 10.6 Å². The van der Waals surface area contributed by atoms with Crippen molar-refractivity contribution in [3.63, 3.8) is 0 Å². The van der Waals surface area contributed by atoms with Crippen LogP contribution in [0, 0.1) is 18.6 Å². The Morgan fingerprint density at radius 2 is 1.84 bits per heavy atom. The van der Waals surface area contributed by atoms with Crippen LogP contribution >= 0.6 is 11.6 Å². The molecule has 0 unspecified atom stereocenters. The van der Waals surface area contributed by atoms with Crippen molar-refractivity contribution in [1.29, 1.82) is 0 Å². The summed E-state index contributed by atoms with van der Waals surface area (Å²) < 4.78 is 37.1. The molecule has 264 valence electrons. The van der Waals surface area contributed by atoms with Gasteiger partial charge >= 0.3 is 0 Å². The van der Waals surface area contributed by atoms with Crippen molar-refractivity contribution >= 4 is 35.0 Å². The maximum absolute atomic E-state index is 15.2. The number of anilines is 1. The molecule has 50 heavy (non-hydrogen) atoms. The predicted molar refractivity (Wildman–Crippen MR) is 180 cm³/mol. The molecule has 13 nitrogen and oxygen atoms in total. The summed E-state index contributed by atoms with van der Waals surface area (Å²) in [5, 5.41) is 19.9. The highest BCUT2D eigenvalue weighted by atomic mass is 35.5. The number of aliphatic hydroxyl groups excluding tert-OH is 1. The summed E-state index contributed by atoms with van der Waals surface area (Å²) in [6, 6.07) is 7.09. The molecular formula is C34H37ClF2N8O5. The number of aromatic nitrogens is 4. The fourth-order valence-corrected chi connectivity index (χ4v) is 6.43. The highest BCUT2D eigenvalue weighted by Gasteiger charge is 2.34. The number of nitrogens with zero attached hydrogens (tertiary/aromatic N) is 5. The molecule has 2 fully saturated rings. The van der Waals surface area contributed by atoms with Gasteiger partial charge in [-0.15, -0.1) is 0 Å². The molecule has 2 atom stereocenters. The van der Waals surface area contributed by atoms with E-state index in [9.17, 15) is 19.5 Å². The van der Waals surface area contributed by atoms with Crippen LogP contribution in [0.2, 0.25) is 5.02 Å². The molecule has 3 amide bonds. The summed E-state index contributed by atoms with van der Waals surface area (Å²) in [7, 11) is 1.57. The number of hydrogen-bond donors (Lipinski definition) is 4. The minimum Gasteiger partial charge on any atom is -0.392 e. The lowest BCUT2D eigenvalue weighted by atomic mass is 10.0. The fraction of sp³-hybridized carbons (Fsp3) is 0.382. The monoisotopic (exact) mass is 710 g/mol. The number of H-pyrrole nitrogens is 1. The molecular weight excluding hydrogens is 674 g/mol. The number of nitrogens with one attached hydrogen (secondary N) is 3. The number of piperazine rings is 1. The number of imidazole rings is 1. The minimum atomic E-state index is -1.01. The number of carbonyl (C=O) groups excluding carboxylic acids is 3. The zero-order valence-electron chi connectivity index (χ0n) is 27.5. The quantitative estimate of drug-likeness (QED) is 0.196. The van der Waals surface area contributed by atoms with Crippen molar-refractivity contribution < 1.29 is 33.0 Å². The van der Waals surface area contributed by atoms with Gasteiger partial charge in [0.05, 0.1) is 41.6 Å². The summed E-state index contributed by atoms with van der Waals surface area (Å²) >= 11 is 6.46. The summed E-state index contributed by atoms with van der Waals surface area (Å²) in [5.74, 6) is -3.03. The van der Waals surface area contributed by atoms with Gasteiger partial charge in [-0.1, -0.05) is 23.7 Å². The van der Waals surface area contributed by atoms with Crippen molar-refractivity contribution in [2.24, 2.45) is 0 Å². The number of aromatic amines is 1. The molecule has 6 rings (SSSR count). The normalized spacial score (nSPS) is 17.7. The zero-order valence-corrected chi connectivity index (χ0v) is 28.3. The molecule has 0 aliphatic carbocycles. The van der Waals surface area contributed by atoms with Gasteiger partial charge in [0.15, 0.2) is 17.5 Å². The van der Waals surface area contributed by atoms with E-state index >= 15 is 8.78 Å². The summed E-state index contributed by atoms with van der Waals surface area (Å²) in [6.07, 6.45) is 2.82. The largest absolute Gasteiger partial charge is 0.392 e. The topological polar surface area (TPSA) is 158 Å². The zero-order chi connectivity index (χ0) is 35.5. The molecule has 0 bridgehead atoms. The first-order valence-electron chi connectivity index (χ1n) is 16.2. The standard InChI is InChI=1S/C34H37ClF2N8O5/c1-19-26(18-45(42-19)11-12-50-2)24-5-3-20(29(36)30(24)37)13-22-16-39-31(40-22)32(47)41-21-4-6-25(27(35)14-21)33(48)43-7-9-44(10-8-43)34(49)28-15-23(46)17-38-28/h3-6,14,16,18,23,28,38,46H,7-13,15,17H2,1-2H3,(H,39,40)(H,41,47)/t23-,28-/m1/s1. The first kappa shape index (κ1) is 35.1. The number of carbonyl (C=O) groups is 3. The lowest BCUT2D eigenvalue weighted by Gasteiger charge is -2.36. The van der Waals surface area contributed by atoms with Crippen molar-refractivity contribution in [3.8, 4) is 11.1 Å². The Hall–Kier alpha value is -4.70. The maximum atomic E-state index is 15.2. The molecule has 16 heteroatoms. The van der Waals surface area contributed by atoms with Crippen LogP contribution in [0.5, 0.6) is 0 Å². The van der Waals surface area contributed by atoms with Gasteiger partial charge in [-0.2, -0.15) is 5.10 Å². The summed E-state index contributed by atoms with van der Waals surface area (Å²) in [4.78, 5) is 49.2. The third-order valence-corrected chi connectivity index (χ3v) is 9.20. The second-order valence-electron chi connectivity index (χ2n) is 12.3. The van der Waals surface area contributed by atoms with Crippen LogP contribution in [0.1, 0.15) is 44.3 Å². The second kappa shape index (κ2) is 15.0. The highest BCUT2D eigenvalue weighted by Crippen LogP contribution is 2.30. The second-order valence-corrected chi connectivity index (χ2v) is 12.7. The number of aryl methyl sites for hydroxylation is 1. The Kier molecular flexibility index (Phi) is 10.6. The lowest BCUT2D eigenvalue weighted by Crippen LogP contribution is -2.54. The Balaban J connectivity index is 1.04. The van der Waals surface area contributed by atoms with Gasteiger partial charge in [-0.3, -0.25) is 19.1 Å². The molecule has 2 aromatic heterocycles. The third kappa shape index (κ3) is 7.55. The molecule has 2 aromatic carbocycles. The molecule has 0 saturated carbocycles. The van der Waals surface area contributed by atoms with Gasteiger partial charge in [-0.25, -0.2) is 13.8 Å². The summed E-state index contributed by atoms with van der Waals surface area (Å²) in [5.41, 5.74) is 2.17. The molecule has 4 N–H and O–H groups in total. The van der Waals surface area contributed by atoms with Gasteiger partial charge in [0.2, 0.25) is 5.91 Å². The van der Waals surface area contributed by atoms with Crippen molar-refractivity contribution in [3.05, 3.63) is 87.7 Å². The van der Waals surface area contributed by atoms with Crippen LogP contribution in [-0.2, 0) is 22.5 Å². The average Bonchev–Trinajstić information content (AvgIpc) is 3.85. The predicted octanol–water partition coefficient (Wildman–Crippen LogP) is 3.01. The molecule has 4 aromatic rings. The van der Waals surface area contributed by atoms with Gasteiger partial charge in [-0.05, 0) is 37.1 Å². The number of halogens is 3. The number of β-amino-alcohol motifs (C(OH)–C–C–N with tert-alkyl or cyclic N) is 1. The van der Waals surface area contributed by atoms with E-state index in [1.165, 1.54) is 30.5 Å². The summed E-state index contributed by atoms with van der Waals surface area (Å²) in [6.45, 7) is 4.40. The number of aliphatic hydroxyl groups is 1. The van der Waals surface area contributed by atoms with Crippen LogP contribution in [0.25, 0.3) is 11.1 Å². The number of hydrogen-bond acceptors (Lipinski definition) is 8. The Morgan fingerprint density at radius 1 is 1.08 bits per heavy atom. The first-order chi connectivity index (χ1) is 24.0. The smallest absolute Gasteiger partial charge is 0.291 e. The van der Waals surface area contributed by atoms with E-state index < -0.39 is 29.7 Å². The Morgan fingerprint density at radius 3 is 2.54 bits per heavy atom. The van der Waals surface area contributed by atoms with E-state index in [1.807, 2.05) is 0 Å². The molecule has 0 radical (unpaired) electrons. The molecule has 2 aliphatic rings. The van der Waals surface area contributed by atoms with E-state index in [2.05, 4.69) is 25.7 Å². The van der Waals surface area contributed by atoms with E-state index in [-0.39, 0.29) is 45.8 Å². The van der Waals surface area contributed by atoms with Gasteiger partial charge in [0.1, 0.15) is 0 Å². The Labute approximate surface area is 291 Å². The van der Waals surface area contributed by atoms with Crippen LogP contribution in [0.4, 0.5) is 14.5 Å². The molecule has 2 aliphatic heterocycles. The number of methoxy groups -OCH3 is 1. The lowest BCUT2D eigenvalue weighted by molar-refractivity contribution is -0.134. The van der Waals surface area contributed by atoms with Gasteiger partial charge < -0.3 is 35.3 Å². The van der Waals surface area contributed by atoms with E-state index in [0.717, 1.165) is 0 Å². The fourth-order valence-electron chi connectivity index (χ4n) is 6.17. The number of ether oxygens (including phenoxy) is 1. The van der Waals surface area contributed by atoms with Crippen molar-refractivity contribution in [1.82, 2.24) is 34.9 Å². The van der Waals surface area contributed by atoms with Gasteiger partial charge in [0, 0.05) is 81.2 Å². The molecule has 0 spiro atoms. The number of amides is 3. The number of rotatable bonds is 10. The van der Waals surface area contributed by atoms with E-state index in [1.54, 1.807) is 40.8 Å². The van der Waals surface area contributed by atoms with E-state index in [0.29, 0.717) is 74.9 Å². The number of benzene rings is 2. The van der Waals surface area contributed by atoms with Gasteiger partial charge in [0.25, 0.3) is 11.8 Å². The maximum Gasteiger partial charge on any atom is 0.291 e. The molecule has 2 saturated heterocycles. The minimum absolute atomic E-state index is 0.0406.